The summed E-state index contributed by atoms with van der Waals surface area (Å²) < 4.78 is 0. The molecule has 1 amide bonds. The molecule has 1 atom stereocenters. The minimum absolute atomic E-state index is 0.121. The van der Waals surface area contributed by atoms with Crippen LogP contribution < -0.4 is 0 Å². The number of benzene rings is 1. The Balaban J connectivity index is 1.91. The number of rotatable bonds is 5. The predicted octanol–water partition coefficient (Wildman–Crippen LogP) is 3.90. The van der Waals surface area contributed by atoms with E-state index in [0.29, 0.717) is 6.42 Å². The maximum atomic E-state index is 12.2. The highest BCUT2D eigenvalue weighted by molar-refractivity contribution is 7.07. The molecule has 0 aliphatic heterocycles. The zero-order valence-electron chi connectivity index (χ0n) is 11.4. The van der Waals surface area contributed by atoms with Gasteiger partial charge in [-0.05, 0) is 41.3 Å². The van der Waals surface area contributed by atoms with Gasteiger partial charge in [0.05, 0.1) is 6.04 Å². The van der Waals surface area contributed by atoms with E-state index in [2.05, 4.69) is 35.9 Å². The van der Waals surface area contributed by atoms with Crippen LogP contribution in [0.3, 0.4) is 0 Å². The standard InChI is InChI=1S/C16H19NOS/c1-13(15-6-4-3-5-7-15)17(2)16(18)9-8-14-10-11-19-12-14/h3-7,10-13H,8-9H2,1-2H3. The van der Waals surface area contributed by atoms with Crippen LogP contribution in [-0.4, -0.2) is 17.9 Å². The van der Waals surface area contributed by atoms with Gasteiger partial charge in [0.25, 0.3) is 0 Å². The van der Waals surface area contributed by atoms with Gasteiger partial charge in [0.1, 0.15) is 0 Å². The van der Waals surface area contributed by atoms with Gasteiger partial charge in [0.15, 0.2) is 0 Å². The number of hydrogen-bond donors (Lipinski definition) is 0. The van der Waals surface area contributed by atoms with Crippen molar-refractivity contribution in [2.24, 2.45) is 0 Å². The van der Waals surface area contributed by atoms with Crippen molar-refractivity contribution in [3.63, 3.8) is 0 Å². The van der Waals surface area contributed by atoms with Crippen LogP contribution in [-0.2, 0) is 11.2 Å². The van der Waals surface area contributed by atoms with Crippen LogP contribution in [0.1, 0.15) is 30.5 Å². The fraction of sp³-hybridized carbons (Fsp3) is 0.312. The van der Waals surface area contributed by atoms with Gasteiger partial charge >= 0.3 is 0 Å². The van der Waals surface area contributed by atoms with Crippen molar-refractivity contribution in [3.8, 4) is 0 Å². The van der Waals surface area contributed by atoms with Crippen molar-refractivity contribution < 1.29 is 4.79 Å². The second-order valence-electron chi connectivity index (χ2n) is 4.72. The Kier molecular flexibility index (Phi) is 4.74. The van der Waals surface area contributed by atoms with Gasteiger partial charge in [-0.15, -0.1) is 0 Å². The molecule has 0 aliphatic rings. The van der Waals surface area contributed by atoms with Crippen LogP contribution >= 0.6 is 11.3 Å². The van der Waals surface area contributed by atoms with Crippen LogP contribution in [0.5, 0.6) is 0 Å². The van der Waals surface area contributed by atoms with E-state index in [1.165, 1.54) is 11.1 Å². The monoisotopic (exact) mass is 273 g/mol. The molecule has 3 heteroatoms. The van der Waals surface area contributed by atoms with Gasteiger partial charge in [-0.25, -0.2) is 0 Å². The molecule has 1 unspecified atom stereocenters. The molecular weight excluding hydrogens is 254 g/mol. The van der Waals surface area contributed by atoms with Crippen molar-refractivity contribution in [1.29, 1.82) is 0 Å². The molecule has 2 nitrogen and oxygen atoms in total. The minimum atomic E-state index is 0.121. The van der Waals surface area contributed by atoms with Crippen molar-refractivity contribution in [2.75, 3.05) is 7.05 Å². The van der Waals surface area contributed by atoms with Crippen molar-refractivity contribution in [1.82, 2.24) is 4.90 Å². The van der Waals surface area contributed by atoms with E-state index in [9.17, 15) is 4.79 Å². The Hall–Kier alpha value is -1.61. The van der Waals surface area contributed by atoms with Crippen LogP contribution in [0.2, 0.25) is 0 Å². The lowest BCUT2D eigenvalue weighted by molar-refractivity contribution is -0.131. The van der Waals surface area contributed by atoms with Crippen molar-refractivity contribution in [2.45, 2.75) is 25.8 Å². The van der Waals surface area contributed by atoms with Gasteiger partial charge in [-0.3, -0.25) is 4.79 Å². The smallest absolute Gasteiger partial charge is 0.223 e. The summed E-state index contributed by atoms with van der Waals surface area (Å²) in [5.41, 5.74) is 2.42. The molecule has 1 aromatic carbocycles. The molecule has 0 radical (unpaired) electrons. The fourth-order valence-electron chi connectivity index (χ4n) is 2.03. The van der Waals surface area contributed by atoms with Crippen molar-refractivity contribution >= 4 is 17.2 Å². The molecule has 1 aromatic heterocycles. The predicted molar refractivity (Wildman–Crippen MR) is 80.3 cm³/mol. The largest absolute Gasteiger partial charge is 0.339 e. The van der Waals surface area contributed by atoms with Gasteiger partial charge in [-0.1, -0.05) is 30.3 Å². The van der Waals surface area contributed by atoms with Crippen molar-refractivity contribution in [3.05, 3.63) is 58.3 Å². The van der Waals surface area contributed by atoms with Crippen LogP contribution in [0.15, 0.2) is 47.2 Å². The van der Waals surface area contributed by atoms with Crippen LogP contribution in [0, 0.1) is 0 Å². The number of carbonyl (C=O) groups excluding carboxylic acids is 1. The van der Waals surface area contributed by atoms with E-state index in [-0.39, 0.29) is 11.9 Å². The lowest BCUT2D eigenvalue weighted by Crippen LogP contribution is -2.29. The van der Waals surface area contributed by atoms with Crippen LogP contribution in [0.4, 0.5) is 0 Å². The second kappa shape index (κ2) is 6.53. The lowest BCUT2D eigenvalue weighted by atomic mass is 10.1. The summed E-state index contributed by atoms with van der Waals surface area (Å²) in [7, 11) is 1.88. The summed E-state index contributed by atoms with van der Waals surface area (Å²) in [6.07, 6.45) is 1.40. The van der Waals surface area contributed by atoms with E-state index < -0.39 is 0 Å². The molecule has 0 spiro atoms. The maximum Gasteiger partial charge on any atom is 0.223 e. The highest BCUT2D eigenvalue weighted by Crippen LogP contribution is 2.19. The minimum Gasteiger partial charge on any atom is -0.339 e. The van der Waals surface area contributed by atoms with Crippen LogP contribution in [0.25, 0.3) is 0 Å². The first-order chi connectivity index (χ1) is 9.18. The van der Waals surface area contributed by atoms with E-state index in [1.807, 2.05) is 30.1 Å². The number of thiophene rings is 1. The maximum absolute atomic E-state index is 12.2. The third kappa shape index (κ3) is 3.67. The Morgan fingerprint density at radius 1 is 1.26 bits per heavy atom. The summed E-state index contributed by atoms with van der Waals surface area (Å²) in [5, 5.41) is 4.16. The molecule has 1 heterocycles. The molecule has 0 fully saturated rings. The summed E-state index contributed by atoms with van der Waals surface area (Å²) in [5.74, 6) is 0.197. The molecule has 0 saturated heterocycles. The van der Waals surface area contributed by atoms with E-state index in [0.717, 1.165) is 6.42 Å². The topological polar surface area (TPSA) is 20.3 Å². The van der Waals surface area contributed by atoms with Gasteiger partial charge in [-0.2, -0.15) is 11.3 Å². The fourth-order valence-corrected chi connectivity index (χ4v) is 2.74. The molecule has 0 bridgehead atoms. The first-order valence-corrected chi connectivity index (χ1v) is 7.44. The van der Waals surface area contributed by atoms with E-state index in [1.54, 1.807) is 11.3 Å². The number of aryl methyl sites for hydroxylation is 1. The van der Waals surface area contributed by atoms with Gasteiger partial charge in [0.2, 0.25) is 5.91 Å². The summed E-state index contributed by atoms with van der Waals surface area (Å²) >= 11 is 1.68. The number of carbonyl (C=O) groups is 1. The average Bonchev–Trinajstić information content (AvgIpc) is 2.97. The normalized spacial score (nSPS) is 12.1. The molecular formula is C16H19NOS. The highest BCUT2D eigenvalue weighted by Gasteiger charge is 2.16. The number of nitrogens with zero attached hydrogens (tertiary/aromatic N) is 1. The third-order valence-corrected chi connectivity index (χ3v) is 4.20. The third-order valence-electron chi connectivity index (χ3n) is 3.46. The summed E-state index contributed by atoms with van der Waals surface area (Å²) in [6, 6.07) is 12.3. The SMILES string of the molecule is CC(c1ccccc1)N(C)C(=O)CCc1ccsc1. The quantitative estimate of drug-likeness (QED) is 0.809. The Morgan fingerprint density at radius 2 is 2.00 bits per heavy atom. The second-order valence-corrected chi connectivity index (χ2v) is 5.50. The molecule has 2 rings (SSSR count). The van der Waals surface area contributed by atoms with E-state index >= 15 is 0 Å². The highest BCUT2D eigenvalue weighted by atomic mass is 32.1. The summed E-state index contributed by atoms with van der Waals surface area (Å²) in [6.45, 7) is 2.07. The molecule has 0 aliphatic carbocycles. The first-order valence-electron chi connectivity index (χ1n) is 6.50. The van der Waals surface area contributed by atoms with Gasteiger partial charge < -0.3 is 4.90 Å². The molecule has 100 valence electrons. The zero-order chi connectivity index (χ0) is 13.7. The Morgan fingerprint density at radius 3 is 2.63 bits per heavy atom. The molecule has 0 saturated carbocycles. The Bertz CT molecular complexity index is 507. The first kappa shape index (κ1) is 13.8. The van der Waals surface area contributed by atoms with Gasteiger partial charge in [0, 0.05) is 13.5 Å². The van der Waals surface area contributed by atoms with E-state index in [4.69, 9.17) is 0 Å². The molecule has 19 heavy (non-hydrogen) atoms. The Labute approximate surface area is 118 Å². The average molecular weight is 273 g/mol. The summed E-state index contributed by atoms with van der Waals surface area (Å²) in [4.78, 5) is 14.0. The zero-order valence-corrected chi connectivity index (χ0v) is 12.2. The molecule has 0 N–H and O–H groups in total. The number of hydrogen-bond acceptors (Lipinski definition) is 2. The molecule has 2 aromatic rings. The number of amides is 1. The lowest BCUT2D eigenvalue weighted by Gasteiger charge is -2.25.